The van der Waals surface area contributed by atoms with Crippen LogP contribution in [0.5, 0.6) is 11.5 Å². The van der Waals surface area contributed by atoms with Gasteiger partial charge in [0.15, 0.2) is 18.2 Å². The molecular formula is C40H45F3N2O10S. The van der Waals surface area contributed by atoms with Crippen LogP contribution in [0.4, 0.5) is 18.9 Å². The van der Waals surface area contributed by atoms with E-state index in [-0.39, 0.29) is 42.6 Å². The van der Waals surface area contributed by atoms with E-state index in [4.69, 9.17) is 28.7 Å². The molecule has 16 heteroatoms. The Morgan fingerprint density at radius 1 is 0.929 bits per heavy atom. The molecule has 8 atom stereocenters. The highest BCUT2D eigenvalue weighted by molar-refractivity contribution is 7.95. The molecule has 3 aromatic carbocycles. The van der Waals surface area contributed by atoms with Gasteiger partial charge >= 0.3 is 6.36 Å². The Bertz CT molecular complexity index is 1980. The molecule has 8 rings (SSSR count). The lowest BCUT2D eigenvalue weighted by Crippen LogP contribution is -2.70. The molecule has 302 valence electrons. The largest absolute Gasteiger partial charge is 0.573 e. The lowest BCUT2D eigenvalue weighted by molar-refractivity contribution is -0.577. The fourth-order valence-corrected chi connectivity index (χ4v) is 9.06. The zero-order chi connectivity index (χ0) is 39.7. The van der Waals surface area contributed by atoms with Crippen LogP contribution in [0, 0.1) is 23.7 Å². The molecule has 1 saturated carbocycles. The standard InChI is InChI=1S/C40H45F3N2O10S/c1-25-4-17-34-26(2)36(51-37-39(34)33(25)18-20-38(3,53-37)54-55-39)49-22-21-44-35(46)29-9-5-28(6-10-29)24-50-31-13-7-27(8-14-31)19-23-56(47,48)45-30-11-15-32(16-12-30)52-40(41,42)43/h5-16,19,23,25-26,33-34,36-37,45H,4,17-18,20-22,24H2,1-3H3,(H,44,46)/b23-19+/t25-,26-,33+,34+,36?,37-,38-,39-/m1/s1. The van der Waals surface area contributed by atoms with Gasteiger partial charge in [0, 0.05) is 36.1 Å². The number of amides is 1. The first-order chi connectivity index (χ1) is 26.6. The Labute approximate surface area is 323 Å². The maximum atomic E-state index is 12.9. The molecule has 5 fully saturated rings. The van der Waals surface area contributed by atoms with Gasteiger partial charge in [-0.25, -0.2) is 18.2 Å². The third-order valence-corrected chi connectivity index (χ3v) is 12.1. The summed E-state index contributed by atoms with van der Waals surface area (Å²) in [7, 11) is -3.95. The van der Waals surface area contributed by atoms with E-state index >= 15 is 0 Å². The number of halogens is 3. The second kappa shape index (κ2) is 16.0. The molecule has 1 spiro atoms. The van der Waals surface area contributed by atoms with Crippen molar-refractivity contribution in [1.82, 2.24) is 5.32 Å². The fraction of sp³-hybridized carbons (Fsp3) is 0.475. The molecule has 0 radical (unpaired) electrons. The molecule has 56 heavy (non-hydrogen) atoms. The molecule has 12 nitrogen and oxygen atoms in total. The van der Waals surface area contributed by atoms with Gasteiger partial charge in [-0.3, -0.25) is 9.52 Å². The Morgan fingerprint density at radius 3 is 2.36 bits per heavy atom. The van der Waals surface area contributed by atoms with Crippen molar-refractivity contribution in [3.8, 4) is 11.5 Å². The van der Waals surface area contributed by atoms with E-state index in [0.29, 0.717) is 29.3 Å². The summed E-state index contributed by atoms with van der Waals surface area (Å²) >= 11 is 0. The third-order valence-electron chi connectivity index (χ3n) is 11.1. The first-order valence-corrected chi connectivity index (χ1v) is 20.1. The van der Waals surface area contributed by atoms with E-state index in [1.165, 1.54) is 6.08 Å². The number of rotatable bonds is 13. The predicted molar refractivity (Wildman–Crippen MR) is 197 cm³/mol. The summed E-state index contributed by atoms with van der Waals surface area (Å²) in [4.78, 5) is 25.0. The highest BCUT2D eigenvalue weighted by Gasteiger charge is 2.69. The van der Waals surface area contributed by atoms with Crippen LogP contribution in [0.2, 0.25) is 0 Å². The average Bonchev–Trinajstić information content (AvgIpc) is 3.39. The molecule has 1 aliphatic carbocycles. The fourth-order valence-electron chi connectivity index (χ4n) is 8.19. The first-order valence-electron chi connectivity index (χ1n) is 18.6. The van der Waals surface area contributed by atoms with Gasteiger partial charge in [-0.1, -0.05) is 38.1 Å². The van der Waals surface area contributed by atoms with Crippen LogP contribution in [0.25, 0.3) is 6.08 Å². The molecule has 2 bridgehead atoms. The molecule has 2 N–H and O–H groups in total. The van der Waals surface area contributed by atoms with Crippen molar-refractivity contribution in [1.29, 1.82) is 0 Å². The molecule has 3 aromatic rings. The summed E-state index contributed by atoms with van der Waals surface area (Å²) in [6, 6.07) is 18.1. The highest BCUT2D eigenvalue weighted by Crippen LogP contribution is 2.60. The van der Waals surface area contributed by atoms with Crippen LogP contribution in [0.15, 0.2) is 78.2 Å². The van der Waals surface area contributed by atoms with Gasteiger partial charge < -0.3 is 29.0 Å². The topological polar surface area (TPSA) is 140 Å². The Balaban J connectivity index is 0.839. The van der Waals surface area contributed by atoms with Crippen LogP contribution in [-0.4, -0.2) is 57.8 Å². The number of hydrogen-bond acceptors (Lipinski definition) is 10. The van der Waals surface area contributed by atoms with Gasteiger partial charge in [0.1, 0.15) is 18.1 Å². The molecule has 4 heterocycles. The number of hydrogen-bond donors (Lipinski definition) is 2. The molecule has 5 aliphatic rings. The predicted octanol–water partition coefficient (Wildman–Crippen LogP) is 7.53. The number of benzene rings is 3. The number of nitrogens with one attached hydrogen (secondary N) is 2. The van der Waals surface area contributed by atoms with Gasteiger partial charge in [-0.05, 0) is 104 Å². The van der Waals surface area contributed by atoms with E-state index in [0.717, 1.165) is 60.9 Å². The summed E-state index contributed by atoms with van der Waals surface area (Å²) in [5.41, 5.74) is 1.31. The Hall–Kier alpha value is -4.19. The van der Waals surface area contributed by atoms with Crippen LogP contribution >= 0.6 is 0 Å². The maximum Gasteiger partial charge on any atom is 0.573 e. The average molecular weight is 803 g/mol. The van der Waals surface area contributed by atoms with Crippen LogP contribution in [0.1, 0.15) is 67.9 Å². The summed E-state index contributed by atoms with van der Waals surface area (Å²) < 4.78 is 92.9. The van der Waals surface area contributed by atoms with Gasteiger partial charge in [0.05, 0.1) is 12.0 Å². The minimum atomic E-state index is -4.85. The van der Waals surface area contributed by atoms with Gasteiger partial charge in [-0.2, -0.15) is 0 Å². The number of alkyl halides is 3. The lowest BCUT2D eigenvalue weighted by Gasteiger charge is -2.60. The number of fused-ring (bicyclic) bond motifs is 2. The van der Waals surface area contributed by atoms with Gasteiger partial charge in [-0.15, -0.1) is 13.2 Å². The molecule has 0 aromatic heterocycles. The zero-order valence-corrected chi connectivity index (χ0v) is 31.9. The van der Waals surface area contributed by atoms with Crippen molar-refractivity contribution in [3.05, 3.63) is 94.9 Å². The van der Waals surface area contributed by atoms with Crippen molar-refractivity contribution in [2.75, 3.05) is 17.9 Å². The molecular weight excluding hydrogens is 758 g/mol. The third kappa shape index (κ3) is 9.00. The van der Waals surface area contributed by atoms with Gasteiger partial charge in [0.2, 0.25) is 5.79 Å². The molecule has 4 aliphatic heterocycles. The number of carbonyl (C=O) groups is 1. The monoisotopic (exact) mass is 802 g/mol. The van der Waals surface area contributed by atoms with E-state index < -0.39 is 46.1 Å². The van der Waals surface area contributed by atoms with Crippen molar-refractivity contribution < 1.29 is 59.8 Å². The number of carbonyl (C=O) groups excluding carboxylic acids is 1. The smallest absolute Gasteiger partial charge is 0.489 e. The molecule has 4 saturated heterocycles. The number of ether oxygens (including phenoxy) is 5. The summed E-state index contributed by atoms with van der Waals surface area (Å²) in [6.45, 7) is 7.08. The molecule has 1 unspecified atom stereocenters. The van der Waals surface area contributed by atoms with Crippen molar-refractivity contribution in [2.45, 2.75) is 83.4 Å². The SMILES string of the molecule is C[C@@H]1CC[C@H]2[C@@H](C)C(OCCNC(=O)c3ccc(COc4ccc(/C=C/S(=O)(=O)Nc5ccc(OC(F)(F)F)cc5)cc4)cc3)O[C@@H]3O[C@@]4(C)CC[C@@H]1[C@]32OO4. The van der Waals surface area contributed by atoms with E-state index in [9.17, 15) is 26.4 Å². The normalized spacial score (nSPS) is 30.0. The van der Waals surface area contributed by atoms with E-state index in [2.05, 4.69) is 28.6 Å². The highest BCUT2D eigenvalue weighted by atomic mass is 32.2. The lowest BCUT2D eigenvalue weighted by atomic mass is 9.58. The summed E-state index contributed by atoms with van der Waals surface area (Å²) in [5, 5.41) is 3.86. The Morgan fingerprint density at radius 2 is 1.64 bits per heavy atom. The van der Waals surface area contributed by atoms with Crippen molar-refractivity contribution in [3.63, 3.8) is 0 Å². The van der Waals surface area contributed by atoms with Crippen LogP contribution in [0.3, 0.4) is 0 Å². The van der Waals surface area contributed by atoms with Gasteiger partial charge in [0.25, 0.3) is 15.9 Å². The Kier molecular flexibility index (Phi) is 11.4. The minimum Gasteiger partial charge on any atom is -0.489 e. The first kappa shape index (κ1) is 40.0. The molecule has 1 amide bonds. The quantitative estimate of drug-likeness (QED) is 0.132. The minimum absolute atomic E-state index is 0.0392. The maximum absolute atomic E-state index is 12.9. The van der Waals surface area contributed by atoms with E-state index in [1.54, 1.807) is 48.5 Å². The van der Waals surface area contributed by atoms with E-state index in [1.807, 2.05) is 6.92 Å². The number of anilines is 1. The van der Waals surface area contributed by atoms with Crippen LogP contribution in [-0.2, 0) is 40.6 Å². The second-order valence-corrected chi connectivity index (χ2v) is 16.5. The number of sulfonamides is 1. The second-order valence-electron chi connectivity index (χ2n) is 15.0. The van der Waals surface area contributed by atoms with Crippen LogP contribution < -0.4 is 19.5 Å². The zero-order valence-electron chi connectivity index (χ0n) is 31.1. The van der Waals surface area contributed by atoms with Crippen molar-refractivity contribution in [2.24, 2.45) is 23.7 Å². The summed E-state index contributed by atoms with van der Waals surface area (Å²) in [5.74, 6) is -0.0826. The summed E-state index contributed by atoms with van der Waals surface area (Å²) in [6.07, 6.45) is -0.815. The van der Waals surface area contributed by atoms with Crippen molar-refractivity contribution >= 4 is 27.7 Å².